The largest absolute Gasteiger partial charge is 0.455 e. The van der Waals surface area contributed by atoms with Crippen LogP contribution in [0, 0.1) is 6.92 Å². The SMILES string of the molecule is Cc1ccc(-c2cc3c(=O)oc4ccc(Cl)cc4c3o2)cc1. The Labute approximate surface area is 130 Å². The van der Waals surface area contributed by atoms with Crippen LogP contribution in [0.4, 0.5) is 0 Å². The van der Waals surface area contributed by atoms with Crippen molar-refractivity contribution >= 4 is 33.5 Å². The molecule has 0 amide bonds. The third-order valence-corrected chi connectivity index (χ3v) is 3.91. The maximum absolute atomic E-state index is 12.1. The fourth-order valence-corrected chi connectivity index (χ4v) is 2.70. The van der Waals surface area contributed by atoms with E-state index < -0.39 is 5.63 Å². The van der Waals surface area contributed by atoms with Crippen molar-refractivity contribution in [1.82, 2.24) is 0 Å². The molecule has 0 aliphatic heterocycles. The lowest BCUT2D eigenvalue weighted by Crippen LogP contribution is -1.97. The van der Waals surface area contributed by atoms with Gasteiger partial charge in [-0.15, -0.1) is 0 Å². The predicted octanol–water partition coefficient (Wildman–Crippen LogP) is 5.17. The molecule has 22 heavy (non-hydrogen) atoms. The van der Waals surface area contributed by atoms with E-state index in [1.807, 2.05) is 31.2 Å². The summed E-state index contributed by atoms with van der Waals surface area (Å²) in [4.78, 5) is 12.1. The standard InChI is InChI=1S/C18H11ClO3/c1-10-2-4-11(5-3-10)16-9-14-17(21-16)13-8-12(19)6-7-15(13)22-18(14)20/h2-9H,1H3. The van der Waals surface area contributed by atoms with Crippen molar-refractivity contribution in [3.63, 3.8) is 0 Å². The molecular formula is C18H11ClO3. The summed E-state index contributed by atoms with van der Waals surface area (Å²) in [5.74, 6) is 0.634. The molecule has 2 aromatic carbocycles. The number of hydrogen-bond donors (Lipinski definition) is 0. The van der Waals surface area contributed by atoms with Crippen molar-refractivity contribution in [2.24, 2.45) is 0 Å². The number of rotatable bonds is 1. The average molecular weight is 311 g/mol. The highest BCUT2D eigenvalue weighted by molar-refractivity contribution is 6.31. The van der Waals surface area contributed by atoms with Gasteiger partial charge < -0.3 is 8.83 Å². The second-order valence-electron chi connectivity index (χ2n) is 5.25. The summed E-state index contributed by atoms with van der Waals surface area (Å²) in [6.45, 7) is 2.02. The molecule has 0 N–H and O–H groups in total. The fraction of sp³-hybridized carbons (Fsp3) is 0.0556. The Kier molecular flexibility index (Phi) is 2.84. The number of aryl methyl sites for hydroxylation is 1. The van der Waals surface area contributed by atoms with Crippen LogP contribution in [0.2, 0.25) is 5.02 Å². The highest BCUT2D eigenvalue weighted by Crippen LogP contribution is 2.32. The van der Waals surface area contributed by atoms with Crippen LogP contribution in [0.5, 0.6) is 0 Å². The third kappa shape index (κ3) is 2.02. The first-order valence-electron chi connectivity index (χ1n) is 6.85. The Bertz CT molecular complexity index is 1060. The summed E-state index contributed by atoms with van der Waals surface area (Å²) >= 11 is 6.04. The van der Waals surface area contributed by atoms with Gasteiger partial charge in [-0.2, -0.15) is 0 Å². The number of benzene rings is 2. The first-order chi connectivity index (χ1) is 10.6. The zero-order valence-corrected chi connectivity index (χ0v) is 12.5. The molecule has 0 radical (unpaired) electrons. The van der Waals surface area contributed by atoms with Gasteiger partial charge in [0.05, 0.1) is 5.39 Å². The second kappa shape index (κ2) is 4.75. The lowest BCUT2D eigenvalue weighted by molar-refractivity contribution is 0.565. The molecule has 0 fully saturated rings. The Morgan fingerprint density at radius 3 is 2.45 bits per heavy atom. The zero-order valence-electron chi connectivity index (χ0n) is 11.7. The van der Waals surface area contributed by atoms with E-state index in [-0.39, 0.29) is 0 Å². The third-order valence-electron chi connectivity index (χ3n) is 3.68. The monoisotopic (exact) mass is 310 g/mol. The zero-order chi connectivity index (χ0) is 15.3. The number of fused-ring (bicyclic) bond motifs is 3. The van der Waals surface area contributed by atoms with Crippen LogP contribution < -0.4 is 5.63 Å². The topological polar surface area (TPSA) is 43.4 Å². The van der Waals surface area contributed by atoms with Gasteiger partial charge >= 0.3 is 5.63 Å². The molecule has 2 heterocycles. The van der Waals surface area contributed by atoms with E-state index in [9.17, 15) is 4.79 Å². The molecule has 0 aliphatic rings. The molecule has 0 bridgehead atoms. The van der Waals surface area contributed by atoms with E-state index in [0.717, 1.165) is 11.1 Å². The summed E-state index contributed by atoms with van der Waals surface area (Å²) < 4.78 is 11.2. The minimum absolute atomic E-state index is 0.410. The Morgan fingerprint density at radius 1 is 0.909 bits per heavy atom. The summed E-state index contributed by atoms with van der Waals surface area (Å²) in [5.41, 5.74) is 2.64. The van der Waals surface area contributed by atoms with E-state index in [2.05, 4.69) is 0 Å². The smallest absolute Gasteiger partial charge is 0.347 e. The summed E-state index contributed by atoms with van der Waals surface area (Å²) in [7, 11) is 0. The summed E-state index contributed by atoms with van der Waals surface area (Å²) in [5, 5.41) is 1.68. The van der Waals surface area contributed by atoms with Crippen LogP contribution >= 0.6 is 11.6 Å². The molecule has 4 rings (SSSR count). The predicted molar refractivity (Wildman–Crippen MR) is 87.4 cm³/mol. The molecule has 0 saturated carbocycles. The van der Waals surface area contributed by atoms with Gasteiger partial charge in [0.15, 0.2) is 5.58 Å². The van der Waals surface area contributed by atoms with E-state index >= 15 is 0 Å². The van der Waals surface area contributed by atoms with Crippen LogP contribution in [0.15, 0.2) is 62.2 Å². The van der Waals surface area contributed by atoms with Crippen molar-refractivity contribution < 1.29 is 8.83 Å². The van der Waals surface area contributed by atoms with Crippen molar-refractivity contribution in [2.75, 3.05) is 0 Å². The molecular weight excluding hydrogens is 300 g/mol. The second-order valence-corrected chi connectivity index (χ2v) is 5.69. The lowest BCUT2D eigenvalue weighted by Gasteiger charge is -1.98. The number of hydrogen-bond acceptors (Lipinski definition) is 3. The van der Waals surface area contributed by atoms with Gasteiger partial charge in [-0.3, -0.25) is 0 Å². The Morgan fingerprint density at radius 2 is 1.68 bits per heavy atom. The quantitative estimate of drug-likeness (QED) is 0.456. The van der Waals surface area contributed by atoms with Crippen LogP contribution in [0.3, 0.4) is 0 Å². The molecule has 2 aromatic heterocycles. The van der Waals surface area contributed by atoms with Gasteiger partial charge in [0.25, 0.3) is 0 Å². The fourth-order valence-electron chi connectivity index (χ4n) is 2.53. The highest BCUT2D eigenvalue weighted by atomic mass is 35.5. The first-order valence-corrected chi connectivity index (χ1v) is 7.22. The number of halogens is 1. The molecule has 0 unspecified atom stereocenters. The van der Waals surface area contributed by atoms with E-state index in [1.54, 1.807) is 24.3 Å². The van der Waals surface area contributed by atoms with Crippen LogP contribution in [-0.2, 0) is 0 Å². The minimum atomic E-state index is -0.410. The Balaban J connectivity index is 2.06. The van der Waals surface area contributed by atoms with Gasteiger partial charge in [-0.1, -0.05) is 41.4 Å². The van der Waals surface area contributed by atoms with Crippen molar-refractivity contribution in [3.8, 4) is 11.3 Å². The maximum Gasteiger partial charge on any atom is 0.347 e. The van der Waals surface area contributed by atoms with E-state index in [4.69, 9.17) is 20.4 Å². The summed E-state index contributed by atoms with van der Waals surface area (Å²) in [6.07, 6.45) is 0. The van der Waals surface area contributed by atoms with E-state index in [1.165, 1.54) is 0 Å². The molecule has 0 spiro atoms. The van der Waals surface area contributed by atoms with Crippen molar-refractivity contribution in [3.05, 3.63) is 69.5 Å². The molecule has 0 saturated heterocycles. The summed E-state index contributed by atoms with van der Waals surface area (Å²) in [6, 6.07) is 14.7. The molecule has 108 valence electrons. The van der Waals surface area contributed by atoms with Gasteiger partial charge in [-0.05, 0) is 31.2 Å². The molecule has 4 aromatic rings. The van der Waals surface area contributed by atoms with Gasteiger partial charge in [0.2, 0.25) is 0 Å². The van der Waals surface area contributed by atoms with E-state index in [0.29, 0.717) is 32.7 Å². The average Bonchev–Trinajstić information content (AvgIpc) is 2.95. The lowest BCUT2D eigenvalue weighted by atomic mass is 10.1. The van der Waals surface area contributed by atoms with Gasteiger partial charge in [-0.25, -0.2) is 4.79 Å². The minimum Gasteiger partial charge on any atom is -0.455 e. The van der Waals surface area contributed by atoms with Crippen molar-refractivity contribution in [1.29, 1.82) is 0 Å². The maximum atomic E-state index is 12.1. The molecule has 4 heteroatoms. The molecule has 3 nitrogen and oxygen atoms in total. The van der Waals surface area contributed by atoms with Crippen LogP contribution in [-0.4, -0.2) is 0 Å². The molecule has 0 atom stereocenters. The van der Waals surface area contributed by atoms with Crippen LogP contribution in [0.25, 0.3) is 33.3 Å². The normalized spacial score (nSPS) is 11.4. The van der Waals surface area contributed by atoms with Gasteiger partial charge in [0, 0.05) is 10.6 Å². The van der Waals surface area contributed by atoms with Gasteiger partial charge in [0.1, 0.15) is 16.7 Å². The van der Waals surface area contributed by atoms with Crippen molar-refractivity contribution in [2.45, 2.75) is 6.92 Å². The molecule has 0 aliphatic carbocycles. The number of furan rings is 1. The Hall–Kier alpha value is -2.52. The highest BCUT2D eigenvalue weighted by Gasteiger charge is 2.14. The first kappa shape index (κ1) is 13.2. The van der Waals surface area contributed by atoms with Crippen LogP contribution in [0.1, 0.15) is 5.56 Å².